The first-order valence-electron chi connectivity index (χ1n) is 10.1. The lowest BCUT2D eigenvalue weighted by Gasteiger charge is -2.63. The number of ketones is 2. The molecular formula is C21H27I3O4. The van der Waals surface area contributed by atoms with Crippen LogP contribution >= 0.6 is 67.8 Å². The Kier molecular flexibility index (Phi) is 5.89. The Bertz CT molecular complexity index is 750. The third-order valence-electron chi connectivity index (χ3n) is 8.65. The molecule has 0 aromatic rings. The van der Waals surface area contributed by atoms with Gasteiger partial charge in [-0.2, -0.15) is 0 Å². The van der Waals surface area contributed by atoms with Crippen molar-refractivity contribution in [2.75, 3.05) is 6.61 Å². The summed E-state index contributed by atoms with van der Waals surface area (Å²) in [6.07, 6.45) is 5.69. The van der Waals surface area contributed by atoms with Gasteiger partial charge in [-0.05, 0) is 61.3 Å². The van der Waals surface area contributed by atoms with Crippen LogP contribution < -0.4 is 0 Å². The lowest BCUT2D eigenvalue weighted by molar-refractivity contribution is -0.145. The van der Waals surface area contributed by atoms with Gasteiger partial charge in [0.25, 0.3) is 0 Å². The molecular weight excluding hydrogens is 697 g/mol. The molecule has 1 unspecified atom stereocenters. The summed E-state index contributed by atoms with van der Waals surface area (Å²) >= 11 is 7.21. The van der Waals surface area contributed by atoms with Gasteiger partial charge in [-0.3, -0.25) is 9.59 Å². The molecule has 4 aliphatic rings. The van der Waals surface area contributed by atoms with Crippen molar-refractivity contribution in [2.45, 2.75) is 57.4 Å². The van der Waals surface area contributed by atoms with Crippen molar-refractivity contribution in [2.24, 2.45) is 34.5 Å². The zero-order valence-electron chi connectivity index (χ0n) is 16.1. The first kappa shape index (κ1) is 22.4. The fraction of sp³-hybridized carbons (Fsp3) is 0.810. The lowest BCUT2D eigenvalue weighted by Crippen LogP contribution is -2.64. The molecule has 4 nitrogen and oxygen atoms in total. The second-order valence-corrected chi connectivity index (χ2v) is 16.3. The number of fused-ring (bicyclic) bond motifs is 5. The minimum Gasteiger partial charge on any atom is -0.393 e. The zero-order chi connectivity index (χ0) is 20.6. The number of hydrogen-bond donors (Lipinski definition) is 2. The molecule has 28 heavy (non-hydrogen) atoms. The van der Waals surface area contributed by atoms with E-state index in [1.807, 2.05) is 6.08 Å². The molecule has 4 rings (SSSR count). The van der Waals surface area contributed by atoms with E-state index >= 15 is 0 Å². The number of carbonyl (C=O) groups is 2. The summed E-state index contributed by atoms with van der Waals surface area (Å²) in [6.45, 7) is 4.04. The molecule has 3 fully saturated rings. The standard InChI is InChI=1S/C21H27I3O4/c1-19-8-15(27)17-11(12(19)5-6-13(19)16(28)9-25)4-3-10-7-14(26)18(22)21(23,24)20(10,17)2/h7,11-13,15,17-18,25,27H,3-6,8-9H2,1-2H3/t11-,12-,13+,15-,17+,18?,19-,20-/m0/s1. The summed E-state index contributed by atoms with van der Waals surface area (Å²) < 4.78 is -0.409. The number of alkyl halides is 3. The first-order valence-corrected chi connectivity index (χ1v) is 13.5. The molecule has 0 aliphatic heterocycles. The molecule has 0 bridgehead atoms. The molecule has 0 heterocycles. The van der Waals surface area contributed by atoms with E-state index < -0.39 is 12.7 Å². The van der Waals surface area contributed by atoms with E-state index in [-0.39, 0.29) is 39.6 Å². The zero-order valence-corrected chi connectivity index (χ0v) is 22.6. The smallest absolute Gasteiger partial charge is 0.170 e. The number of halogens is 3. The highest BCUT2D eigenvalue weighted by Crippen LogP contribution is 2.71. The molecule has 0 saturated heterocycles. The quantitative estimate of drug-likeness (QED) is 0.330. The summed E-state index contributed by atoms with van der Waals surface area (Å²) in [5.74, 6) is 0.845. The van der Waals surface area contributed by atoms with Crippen LogP contribution in [0.1, 0.15) is 46.0 Å². The molecule has 3 saturated carbocycles. The van der Waals surface area contributed by atoms with Gasteiger partial charge in [-0.1, -0.05) is 87.2 Å². The van der Waals surface area contributed by atoms with Gasteiger partial charge in [0.05, 0.1) is 10.0 Å². The fourth-order valence-electron chi connectivity index (χ4n) is 7.35. The van der Waals surface area contributed by atoms with Gasteiger partial charge in [-0.15, -0.1) is 0 Å². The van der Waals surface area contributed by atoms with E-state index in [0.717, 1.165) is 25.7 Å². The number of rotatable bonds is 2. The minimum atomic E-state index is -0.493. The van der Waals surface area contributed by atoms with E-state index in [1.165, 1.54) is 5.57 Å². The summed E-state index contributed by atoms with van der Waals surface area (Å²) in [5.41, 5.74) is 0.737. The Hall–Kier alpha value is 1.19. The Balaban J connectivity index is 1.78. The van der Waals surface area contributed by atoms with E-state index in [2.05, 4.69) is 81.6 Å². The number of hydrogen-bond acceptors (Lipinski definition) is 4. The van der Waals surface area contributed by atoms with Crippen LogP contribution in [0, 0.1) is 34.5 Å². The maximum atomic E-state index is 12.6. The van der Waals surface area contributed by atoms with Gasteiger partial charge >= 0.3 is 0 Å². The first-order chi connectivity index (χ1) is 13.0. The van der Waals surface area contributed by atoms with Crippen LogP contribution in [-0.4, -0.2) is 39.8 Å². The van der Waals surface area contributed by atoms with Crippen LogP contribution in [0.3, 0.4) is 0 Å². The molecule has 0 amide bonds. The van der Waals surface area contributed by atoms with Crippen molar-refractivity contribution in [1.29, 1.82) is 0 Å². The highest BCUT2D eigenvalue weighted by atomic mass is 127. The van der Waals surface area contributed by atoms with E-state index in [1.54, 1.807) is 0 Å². The summed E-state index contributed by atoms with van der Waals surface area (Å²) in [4.78, 5) is 25.0. The van der Waals surface area contributed by atoms with Crippen molar-refractivity contribution in [3.8, 4) is 0 Å². The van der Waals surface area contributed by atoms with Crippen molar-refractivity contribution in [1.82, 2.24) is 0 Å². The molecule has 0 radical (unpaired) electrons. The number of carbonyl (C=O) groups excluding carboxylic acids is 2. The van der Waals surface area contributed by atoms with E-state index in [4.69, 9.17) is 0 Å². The third-order valence-corrected chi connectivity index (χ3v) is 16.1. The van der Waals surface area contributed by atoms with Crippen molar-refractivity contribution in [3.05, 3.63) is 11.6 Å². The predicted octanol–water partition coefficient (Wildman–Crippen LogP) is 4.26. The molecule has 2 N–H and O–H groups in total. The molecule has 0 aromatic carbocycles. The molecule has 7 heteroatoms. The molecule has 0 aromatic heterocycles. The van der Waals surface area contributed by atoms with Gasteiger partial charge in [0.1, 0.15) is 8.04 Å². The van der Waals surface area contributed by atoms with Crippen molar-refractivity contribution in [3.63, 3.8) is 0 Å². The Morgan fingerprint density at radius 1 is 1.25 bits per heavy atom. The largest absolute Gasteiger partial charge is 0.393 e. The van der Waals surface area contributed by atoms with Crippen molar-refractivity contribution >= 4 is 79.3 Å². The average Bonchev–Trinajstić information content (AvgIpc) is 2.97. The van der Waals surface area contributed by atoms with Crippen LogP contribution in [0.4, 0.5) is 0 Å². The fourth-order valence-corrected chi connectivity index (χ4v) is 10.2. The normalized spacial score (nSPS) is 49.7. The molecule has 8 atom stereocenters. The average molecular weight is 724 g/mol. The summed E-state index contributed by atoms with van der Waals surface area (Å²) in [5, 5.41) is 20.9. The second kappa shape index (κ2) is 7.37. The SMILES string of the molecule is C[C@]12C[C@H](O)[C@H]3[C@@H](CCC4=CC(=O)C(I)C(I)(I)[C@@]43C)[C@@H]1CC[C@@H]2C(=O)CO. The van der Waals surface area contributed by atoms with Gasteiger partial charge in [-0.25, -0.2) is 0 Å². The van der Waals surface area contributed by atoms with Crippen LogP contribution in [0.25, 0.3) is 0 Å². The number of allylic oxidation sites excluding steroid dienone is 1. The molecule has 4 aliphatic carbocycles. The van der Waals surface area contributed by atoms with E-state index in [9.17, 15) is 19.8 Å². The van der Waals surface area contributed by atoms with Crippen LogP contribution in [-0.2, 0) is 9.59 Å². The topological polar surface area (TPSA) is 74.6 Å². The summed E-state index contributed by atoms with van der Waals surface area (Å²) in [7, 11) is 0. The van der Waals surface area contributed by atoms with Crippen LogP contribution in [0.2, 0.25) is 0 Å². The van der Waals surface area contributed by atoms with E-state index in [0.29, 0.717) is 18.3 Å². The van der Waals surface area contributed by atoms with Gasteiger partial charge in [0, 0.05) is 11.3 Å². The maximum absolute atomic E-state index is 12.6. The Labute approximate surface area is 207 Å². The number of aliphatic hydroxyl groups is 2. The maximum Gasteiger partial charge on any atom is 0.170 e. The minimum absolute atomic E-state index is 0.0639. The molecule has 0 spiro atoms. The van der Waals surface area contributed by atoms with Gasteiger partial charge < -0.3 is 10.2 Å². The summed E-state index contributed by atoms with van der Waals surface area (Å²) in [6, 6.07) is 0. The van der Waals surface area contributed by atoms with Crippen molar-refractivity contribution < 1.29 is 19.8 Å². The molecule has 156 valence electrons. The predicted molar refractivity (Wildman–Crippen MR) is 133 cm³/mol. The van der Waals surface area contributed by atoms with Gasteiger partial charge in [0.2, 0.25) is 0 Å². The second-order valence-electron chi connectivity index (χ2n) is 9.63. The van der Waals surface area contributed by atoms with Crippen LogP contribution in [0.15, 0.2) is 11.6 Å². The monoisotopic (exact) mass is 724 g/mol. The Morgan fingerprint density at radius 3 is 2.57 bits per heavy atom. The Morgan fingerprint density at radius 2 is 1.93 bits per heavy atom. The van der Waals surface area contributed by atoms with Gasteiger partial charge in [0.15, 0.2) is 11.6 Å². The third kappa shape index (κ3) is 2.83. The van der Waals surface area contributed by atoms with Crippen LogP contribution in [0.5, 0.6) is 0 Å². The number of aliphatic hydroxyl groups excluding tert-OH is 2. The highest BCUT2D eigenvalue weighted by Gasteiger charge is 2.68. The highest BCUT2D eigenvalue weighted by molar-refractivity contribution is 14.2. The lowest BCUT2D eigenvalue weighted by atomic mass is 9.46. The number of Topliss-reactive ketones (excluding diaryl/α,β-unsaturated/α-hetero) is 1.